The zero-order valence-corrected chi connectivity index (χ0v) is 8.85. The van der Waals surface area contributed by atoms with Crippen LogP contribution in [0.15, 0.2) is 24.5 Å². The number of nitrogens with zero attached hydrogens (tertiary/aromatic N) is 1. The standard InChI is InChI=1S/C11H15N3O2/c15-6-9(7-16)13-4-8-5-14-11-10(8)2-1-3-12-11/h1-3,5,9,13,15-16H,4,6-7H2,(H,12,14). The normalized spacial score (nSPS) is 11.4. The molecular formula is C11H15N3O2. The van der Waals surface area contributed by atoms with Gasteiger partial charge in [0.15, 0.2) is 0 Å². The van der Waals surface area contributed by atoms with Gasteiger partial charge >= 0.3 is 0 Å². The highest BCUT2D eigenvalue weighted by molar-refractivity contribution is 5.79. The van der Waals surface area contributed by atoms with E-state index in [1.54, 1.807) is 6.20 Å². The SMILES string of the molecule is OCC(CO)NCc1c[nH]c2ncccc12. The van der Waals surface area contributed by atoms with Gasteiger partial charge in [-0.15, -0.1) is 0 Å². The maximum absolute atomic E-state index is 8.93. The highest BCUT2D eigenvalue weighted by Gasteiger charge is 2.07. The Morgan fingerprint density at radius 2 is 2.19 bits per heavy atom. The summed E-state index contributed by atoms with van der Waals surface area (Å²) in [7, 11) is 0. The Morgan fingerprint density at radius 1 is 1.38 bits per heavy atom. The molecule has 2 rings (SSSR count). The Kier molecular flexibility index (Phi) is 3.51. The summed E-state index contributed by atoms with van der Waals surface area (Å²) in [5.41, 5.74) is 1.93. The van der Waals surface area contributed by atoms with E-state index >= 15 is 0 Å². The van der Waals surface area contributed by atoms with Crippen LogP contribution in [0.25, 0.3) is 11.0 Å². The van der Waals surface area contributed by atoms with Crippen LogP contribution < -0.4 is 5.32 Å². The average molecular weight is 221 g/mol. The first kappa shape index (κ1) is 11.1. The van der Waals surface area contributed by atoms with Crippen LogP contribution in [0.2, 0.25) is 0 Å². The Balaban J connectivity index is 2.09. The minimum atomic E-state index is -0.276. The molecule has 0 aromatic carbocycles. The molecule has 0 radical (unpaired) electrons. The summed E-state index contributed by atoms with van der Waals surface area (Å²) in [5, 5.41) is 22.0. The lowest BCUT2D eigenvalue weighted by Gasteiger charge is -2.12. The van der Waals surface area contributed by atoms with E-state index in [1.165, 1.54) is 0 Å². The Morgan fingerprint density at radius 3 is 2.94 bits per heavy atom. The molecule has 0 saturated carbocycles. The number of hydrogen-bond donors (Lipinski definition) is 4. The summed E-state index contributed by atoms with van der Waals surface area (Å²) >= 11 is 0. The van der Waals surface area contributed by atoms with Crippen molar-refractivity contribution in [2.45, 2.75) is 12.6 Å². The molecule has 16 heavy (non-hydrogen) atoms. The zero-order chi connectivity index (χ0) is 11.4. The van der Waals surface area contributed by atoms with Crippen LogP contribution in [-0.2, 0) is 6.54 Å². The van der Waals surface area contributed by atoms with Gasteiger partial charge in [0, 0.05) is 24.3 Å². The number of aromatic nitrogens is 2. The van der Waals surface area contributed by atoms with Crippen molar-refractivity contribution in [2.24, 2.45) is 0 Å². The first-order valence-electron chi connectivity index (χ1n) is 5.21. The van der Waals surface area contributed by atoms with Crippen LogP contribution in [0.5, 0.6) is 0 Å². The number of aliphatic hydroxyl groups is 2. The summed E-state index contributed by atoms with van der Waals surface area (Å²) in [6, 6.07) is 3.60. The van der Waals surface area contributed by atoms with Gasteiger partial charge in [-0.1, -0.05) is 0 Å². The third kappa shape index (κ3) is 2.21. The van der Waals surface area contributed by atoms with Crippen molar-refractivity contribution in [3.05, 3.63) is 30.1 Å². The van der Waals surface area contributed by atoms with Crippen molar-refractivity contribution < 1.29 is 10.2 Å². The number of H-pyrrole nitrogens is 1. The summed E-state index contributed by atoms with van der Waals surface area (Å²) < 4.78 is 0. The zero-order valence-electron chi connectivity index (χ0n) is 8.85. The minimum Gasteiger partial charge on any atom is -0.395 e. The van der Waals surface area contributed by atoms with Gasteiger partial charge in [0.25, 0.3) is 0 Å². The first-order valence-corrected chi connectivity index (χ1v) is 5.21. The molecule has 0 aliphatic carbocycles. The molecule has 2 heterocycles. The smallest absolute Gasteiger partial charge is 0.137 e. The molecule has 0 unspecified atom stereocenters. The van der Waals surface area contributed by atoms with Crippen LogP contribution in [0.4, 0.5) is 0 Å². The molecule has 0 aliphatic rings. The summed E-state index contributed by atoms with van der Waals surface area (Å²) in [6.45, 7) is 0.450. The van der Waals surface area contributed by atoms with Crippen LogP contribution in [0.1, 0.15) is 5.56 Å². The molecular weight excluding hydrogens is 206 g/mol. The van der Waals surface area contributed by atoms with Gasteiger partial charge in [0.1, 0.15) is 5.65 Å². The van der Waals surface area contributed by atoms with E-state index in [9.17, 15) is 0 Å². The van der Waals surface area contributed by atoms with E-state index in [4.69, 9.17) is 10.2 Å². The number of hydrogen-bond acceptors (Lipinski definition) is 4. The molecule has 2 aromatic heterocycles. The van der Waals surface area contributed by atoms with Crippen molar-refractivity contribution in [1.82, 2.24) is 15.3 Å². The van der Waals surface area contributed by atoms with E-state index in [0.717, 1.165) is 16.6 Å². The highest BCUT2D eigenvalue weighted by Crippen LogP contribution is 2.15. The fraction of sp³-hybridized carbons (Fsp3) is 0.364. The lowest BCUT2D eigenvalue weighted by molar-refractivity contribution is 0.170. The Bertz CT molecular complexity index is 451. The lowest BCUT2D eigenvalue weighted by atomic mass is 10.2. The molecule has 0 atom stereocenters. The number of pyridine rings is 1. The van der Waals surface area contributed by atoms with Crippen molar-refractivity contribution in [3.63, 3.8) is 0 Å². The molecule has 0 aliphatic heterocycles. The largest absolute Gasteiger partial charge is 0.395 e. The van der Waals surface area contributed by atoms with Gasteiger partial charge in [-0.2, -0.15) is 0 Å². The van der Waals surface area contributed by atoms with Crippen molar-refractivity contribution in [1.29, 1.82) is 0 Å². The molecule has 0 bridgehead atoms. The molecule has 5 nitrogen and oxygen atoms in total. The number of aromatic amines is 1. The number of rotatable bonds is 5. The van der Waals surface area contributed by atoms with Gasteiger partial charge in [0.2, 0.25) is 0 Å². The van der Waals surface area contributed by atoms with Crippen molar-refractivity contribution in [3.8, 4) is 0 Å². The fourth-order valence-corrected chi connectivity index (χ4v) is 1.60. The molecule has 0 saturated heterocycles. The minimum absolute atomic E-state index is 0.0723. The Labute approximate surface area is 93.1 Å². The maximum Gasteiger partial charge on any atom is 0.137 e. The van der Waals surface area contributed by atoms with E-state index < -0.39 is 0 Å². The van der Waals surface area contributed by atoms with Crippen LogP contribution in [0.3, 0.4) is 0 Å². The number of nitrogens with one attached hydrogen (secondary N) is 2. The quantitative estimate of drug-likeness (QED) is 0.573. The maximum atomic E-state index is 8.93. The molecule has 0 spiro atoms. The number of fused-ring (bicyclic) bond motifs is 1. The molecule has 0 amide bonds. The highest BCUT2D eigenvalue weighted by atomic mass is 16.3. The van der Waals surface area contributed by atoms with E-state index in [1.807, 2.05) is 18.3 Å². The van der Waals surface area contributed by atoms with Gasteiger partial charge in [-0.3, -0.25) is 0 Å². The monoisotopic (exact) mass is 221 g/mol. The summed E-state index contributed by atoms with van der Waals surface area (Å²) in [4.78, 5) is 7.26. The molecule has 4 N–H and O–H groups in total. The van der Waals surface area contributed by atoms with Crippen LogP contribution in [-0.4, -0.2) is 39.4 Å². The molecule has 86 valence electrons. The predicted octanol–water partition coefficient (Wildman–Crippen LogP) is 0.00570. The van der Waals surface area contributed by atoms with Gasteiger partial charge < -0.3 is 20.5 Å². The van der Waals surface area contributed by atoms with Gasteiger partial charge in [0.05, 0.1) is 19.3 Å². The Hall–Kier alpha value is -1.43. The predicted molar refractivity (Wildman–Crippen MR) is 60.9 cm³/mol. The fourth-order valence-electron chi connectivity index (χ4n) is 1.60. The van der Waals surface area contributed by atoms with E-state index in [2.05, 4.69) is 15.3 Å². The molecule has 0 fully saturated rings. The third-order valence-corrected chi connectivity index (χ3v) is 2.56. The van der Waals surface area contributed by atoms with Crippen LogP contribution >= 0.6 is 0 Å². The van der Waals surface area contributed by atoms with Crippen molar-refractivity contribution >= 4 is 11.0 Å². The van der Waals surface area contributed by atoms with Gasteiger partial charge in [-0.25, -0.2) is 4.98 Å². The second-order valence-electron chi connectivity index (χ2n) is 3.66. The lowest BCUT2D eigenvalue weighted by Crippen LogP contribution is -2.35. The average Bonchev–Trinajstić information content (AvgIpc) is 2.74. The first-order chi connectivity index (χ1) is 7.85. The van der Waals surface area contributed by atoms with E-state index in [0.29, 0.717) is 6.54 Å². The topological polar surface area (TPSA) is 81.2 Å². The molecule has 5 heteroatoms. The summed E-state index contributed by atoms with van der Waals surface area (Å²) in [6.07, 6.45) is 3.62. The number of aliphatic hydroxyl groups excluding tert-OH is 2. The third-order valence-electron chi connectivity index (χ3n) is 2.56. The van der Waals surface area contributed by atoms with Gasteiger partial charge in [-0.05, 0) is 17.7 Å². The second kappa shape index (κ2) is 5.07. The van der Waals surface area contributed by atoms with E-state index in [-0.39, 0.29) is 19.3 Å². The van der Waals surface area contributed by atoms with Crippen LogP contribution in [0, 0.1) is 0 Å². The van der Waals surface area contributed by atoms with Crippen molar-refractivity contribution in [2.75, 3.05) is 13.2 Å². The second-order valence-corrected chi connectivity index (χ2v) is 3.66. The summed E-state index contributed by atoms with van der Waals surface area (Å²) in [5.74, 6) is 0. The molecule has 2 aromatic rings.